The normalized spacial score (nSPS) is 11.8. The standard InChI is InChI=1S/C40H50O8S2/c1-31-15-21-37(22-16-31)49(41,42)47-27-9-7-11-33-19-25-39(45-3)35(29-33)13-5-6-14-36-30-34(20-26-40(36)46-4)12-8-10-28-48-50(43,44)38-23-17-32(2)18-24-38/h15-26,29-30H,5-14,27-28H2,1-4H3. The highest BCUT2D eigenvalue weighted by atomic mass is 32.2. The van der Waals surface area contributed by atoms with Gasteiger partial charge in [-0.1, -0.05) is 59.7 Å². The highest BCUT2D eigenvalue weighted by molar-refractivity contribution is 7.87. The topological polar surface area (TPSA) is 105 Å². The van der Waals surface area contributed by atoms with Crippen LogP contribution in [0.4, 0.5) is 0 Å². The maximum Gasteiger partial charge on any atom is 0.296 e. The monoisotopic (exact) mass is 722 g/mol. The van der Waals surface area contributed by atoms with Gasteiger partial charge in [0.2, 0.25) is 0 Å². The average Bonchev–Trinajstić information content (AvgIpc) is 3.10. The second kappa shape index (κ2) is 19.1. The summed E-state index contributed by atoms with van der Waals surface area (Å²) in [7, 11) is -4.11. The third kappa shape index (κ3) is 12.0. The number of benzene rings is 4. The lowest BCUT2D eigenvalue weighted by molar-refractivity contribution is 0.308. The lowest BCUT2D eigenvalue weighted by Crippen LogP contribution is -2.08. The van der Waals surface area contributed by atoms with Gasteiger partial charge in [-0.15, -0.1) is 0 Å². The number of unbranched alkanes of at least 4 members (excludes halogenated alkanes) is 3. The molecule has 8 nitrogen and oxygen atoms in total. The summed E-state index contributed by atoms with van der Waals surface area (Å²) in [5, 5.41) is 0. The molecule has 0 fully saturated rings. The SMILES string of the molecule is COc1ccc(CCCCOS(=O)(=O)c2ccc(C)cc2)cc1CCCCc1cc(CCCCOS(=O)(=O)c2ccc(C)cc2)ccc1OC. The van der Waals surface area contributed by atoms with Gasteiger partial charge in [-0.2, -0.15) is 16.8 Å². The van der Waals surface area contributed by atoms with Crippen molar-refractivity contribution < 1.29 is 34.7 Å². The zero-order chi connectivity index (χ0) is 36.0. The number of methoxy groups -OCH3 is 2. The first kappa shape index (κ1) is 39.1. The Bertz CT molecular complexity index is 1730. The van der Waals surface area contributed by atoms with Crippen LogP contribution in [0.3, 0.4) is 0 Å². The first-order chi connectivity index (χ1) is 24.0. The van der Waals surface area contributed by atoms with Crippen LogP contribution in [0.2, 0.25) is 0 Å². The maximum atomic E-state index is 12.4. The molecule has 0 unspecified atom stereocenters. The Morgan fingerprint density at radius 3 is 1.18 bits per heavy atom. The maximum absolute atomic E-state index is 12.4. The fourth-order valence-corrected chi connectivity index (χ4v) is 7.63. The van der Waals surface area contributed by atoms with Gasteiger partial charge in [-0.25, -0.2) is 0 Å². The van der Waals surface area contributed by atoms with Crippen molar-refractivity contribution in [1.82, 2.24) is 0 Å². The van der Waals surface area contributed by atoms with Gasteiger partial charge in [0, 0.05) is 0 Å². The van der Waals surface area contributed by atoms with Gasteiger partial charge in [0.05, 0.1) is 37.2 Å². The van der Waals surface area contributed by atoms with E-state index in [0.29, 0.717) is 12.8 Å². The largest absolute Gasteiger partial charge is 0.496 e. The molecule has 0 saturated carbocycles. The molecule has 0 radical (unpaired) electrons. The van der Waals surface area contributed by atoms with E-state index in [1.54, 1.807) is 62.8 Å². The van der Waals surface area contributed by atoms with Crippen molar-refractivity contribution in [2.24, 2.45) is 0 Å². The summed E-state index contributed by atoms with van der Waals surface area (Å²) in [5.74, 6) is 1.74. The van der Waals surface area contributed by atoms with Gasteiger partial charge < -0.3 is 9.47 Å². The summed E-state index contributed by atoms with van der Waals surface area (Å²) >= 11 is 0. The van der Waals surface area contributed by atoms with Crippen molar-refractivity contribution in [3.8, 4) is 11.5 Å². The summed E-state index contributed by atoms with van der Waals surface area (Å²) in [5.41, 5.74) is 6.70. The molecule has 10 heteroatoms. The highest BCUT2D eigenvalue weighted by Crippen LogP contribution is 2.26. The molecule has 4 rings (SSSR count). The van der Waals surface area contributed by atoms with Crippen LogP contribution in [0, 0.1) is 13.8 Å². The van der Waals surface area contributed by atoms with Crippen LogP contribution in [0.15, 0.2) is 94.7 Å². The van der Waals surface area contributed by atoms with E-state index in [2.05, 4.69) is 24.3 Å². The summed E-state index contributed by atoms with van der Waals surface area (Å²) < 4.78 is 71.5. The molecule has 0 spiro atoms. The van der Waals surface area contributed by atoms with Gasteiger partial charge >= 0.3 is 0 Å². The van der Waals surface area contributed by atoms with E-state index in [4.69, 9.17) is 17.8 Å². The van der Waals surface area contributed by atoms with Crippen LogP contribution in [0.25, 0.3) is 0 Å². The molecule has 0 N–H and O–H groups in total. The van der Waals surface area contributed by atoms with E-state index in [1.165, 1.54) is 11.1 Å². The quantitative estimate of drug-likeness (QED) is 0.0625. The third-order valence-electron chi connectivity index (χ3n) is 8.65. The predicted octanol–water partition coefficient (Wildman–Crippen LogP) is 8.34. The molecule has 0 aliphatic carbocycles. The zero-order valence-electron chi connectivity index (χ0n) is 29.7. The molecule has 50 heavy (non-hydrogen) atoms. The van der Waals surface area contributed by atoms with E-state index < -0.39 is 20.2 Å². The van der Waals surface area contributed by atoms with Gasteiger partial charge in [0.15, 0.2) is 0 Å². The van der Waals surface area contributed by atoms with Crippen LogP contribution >= 0.6 is 0 Å². The lowest BCUT2D eigenvalue weighted by atomic mass is 9.98. The first-order valence-electron chi connectivity index (χ1n) is 17.2. The van der Waals surface area contributed by atoms with E-state index in [1.807, 2.05) is 26.0 Å². The molecular weight excluding hydrogens is 673 g/mol. The van der Waals surface area contributed by atoms with Crippen molar-refractivity contribution in [2.75, 3.05) is 27.4 Å². The minimum Gasteiger partial charge on any atom is -0.496 e. The van der Waals surface area contributed by atoms with Gasteiger partial charge in [-0.3, -0.25) is 8.37 Å². The van der Waals surface area contributed by atoms with E-state index >= 15 is 0 Å². The Labute approximate surface area is 299 Å². The number of rotatable bonds is 21. The van der Waals surface area contributed by atoms with E-state index in [0.717, 1.165) is 85.1 Å². The Kier molecular flexibility index (Phi) is 14.9. The van der Waals surface area contributed by atoms with Crippen molar-refractivity contribution in [2.45, 2.75) is 87.8 Å². The highest BCUT2D eigenvalue weighted by Gasteiger charge is 2.16. The minimum atomic E-state index is -3.75. The number of hydrogen-bond donors (Lipinski definition) is 0. The molecule has 0 atom stereocenters. The Hall–Kier alpha value is -3.70. The molecular formula is C40H50O8S2. The first-order valence-corrected chi connectivity index (χ1v) is 20.1. The molecule has 0 heterocycles. The molecule has 4 aromatic rings. The van der Waals surface area contributed by atoms with Crippen LogP contribution in [-0.4, -0.2) is 44.3 Å². The summed E-state index contributed by atoms with van der Waals surface area (Å²) in [6, 6.07) is 25.9. The van der Waals surface area contributed by atoms with Crippen LogP contribution in [0.5, 0.6) is 11.5 Å². The Morgan fingerprint density at radius 1 is 0.460 bits per heavy atom. The van der Waals surface area contributed by atoms with E-state index in [-0.39, 0.29) is 23.0 Å². The summed E-state index contributed by atoms with van der Waals surface area (Å²) in [6.07, 6.45) is 8.25. The molecule has 0 bridgehead atoms. The Morgan fingerprint density at radius 2 is 0.820 bits per heavy atom. The fourth-order valence-electron chi connectivity index (χ4n) is 5.74. The number of hydrogen-bond acceptors (Lipinski definition) is 8. The minimum absolute atomic E-state index is 0.150. The second-order valence-corrected chi connectivity index (χ2v) is 15.8. The van der Waals surface area contributed by atoms with Crippen LogP contribution in [-0.2, 0) is 54.3 Å². The molecule has 0 aliphatic heterocycles. The van der Waals surface area contributed by atoms with Gasteiger partial charge in [0.1, 0.15) is 11.5 Å². The zero-order valence-corrected chi connectivity index (χ0v) is 31.3. The lowest BCUT2D eigenvalue weighted by Gasteiger charge is -2.13. The summed E-state index contributed by atoms with van der Waals surface area (Å²) in [4.78, 5) is 0.364. The molecule has 0 amide bonds. The van der Waals surface area contributed by atoms with Gasteiger partial charge in [0.25, 0.3) is 20.2 Å². The number of aryl methyl sites for hydroxylation is 6. The number of ether oxygens (including phenoxy) is 2. The molecule has 0 aromatic heterocycles. The molecule has 0 aliphatic rings. The van der Waals surface area contributed by atoms with E-state index in [9.17, 15) is 16.8 Å². The predicted molar refractivity (Wildman–Crippen MR) is 197 cm³/mol. The van der Waals surface area contributed by atoms with Crippen LogP contribution in [0.1, 0.15) is 71.9 Å². The fraction of sp³-hybridized carbons (Fsp3) is 0.400. The smallest absolute Gasteiger partial charge is 0.296 e. The van der Waals surface area contributed by atoms with Crippen molar-refractivity contribution in [3.05, 3.63) is 118 Å². The Balaban J connectivity index is 1.20. The van der Waals surface area contributed by atoms with Crippen LogP contribution < -0.4 is 9.47 Å². The third-order valence-corrected chi connectivity index (χ3v) is 11.3. The van der Waals surface area contributed by atoms with Crippen molar-refractivity contribution in [3.63, 3.8) is 0 Å². The molecule has 270 valence electrons. The van der Waals surface area contributed by atoms with Crippen molar-refractivity contribution >= 4 is 20.2 Å². The molecule has 4 aromatic carbocycles. The average molecular weight is 723 g/mol. The van der Waals surface area contributed by atoms with Crippen molar-refractivity contribution in [1.29, 1.82) is 0 Å². The summed E-state index contributed by atoms with van der Waals surface area (Å²) in [6.45, 7) is 4.12. The van der Waals surface area contributed by atoms with Gasteiger partial charge in [-0.05, 0) is 137 Å². The molecule has 0 saturated heterocycles. The second-order valence-electron chi connectivity index (χ2n) is 12.6.